The van der Waals surface area contributed by atoms with Crippen molar-refractivity contribution in [3.05, 3.63) is 34.2 Å². The fraction of sp³-hybridized carbons (Fsp3) is 0.533. The van der Waals surface area contributed by atoms with Crippen molar-refractivity contribution in [3.8, 4) is 0 Å². The Morgan fingerprint density at radius 2 is 2.20 bits per heavy atom. The highest BCUT2D eigenvalue weighted by Crippen LogP contribution is 2.28. The number of rotatable bonds is 1. The van der Waals surface area contributed by atoms with Crippen molar-refractivity contribution in [2.24, 2.45) is 11.7 Å². The lowest BCUT2D eigenvalue weighted by molar-refractivity contribution is 0.167. The number of imidazole rings is 1. The van der Waals surface area contributed by atoms with Gasteiger partial charge in [-0.1, -0.05) is 26.0 Å². The Morgan fingerprint density at radius 3 is 2.85 bits per heavy atom. The molecule has 4 N–H and O–H groups in total. The summed E-state index contributed by atoms with van der Waals surface area (Å²) in [6.07, 6.45) is 1.11. The van der Waals surface area contributed by atoms with Crippen LogP contribution >= 0.6 is 0 Å². The van der Waals surface area contributed by atoms with Crippen molar-refractivity contribution in [2.75, 3.05) is 6.54 Å². The lowest BCUT2D eigenvalue weighted by Gasteiger charge is -2.07. The number of nitrogens with one attached hydrogen (secondary N) is 1. The molecule has 1 unspecified atom stereocenters. The third-order valence-electron chi connectivity index (χ3n) is 3.51. The van der Waals surface area contributed by atoms with Crippen LogP contribution in [0, 0.1) is 5.92 Å². The van der Waals surface area contributed by atoms with Gasteiger partial charge in [0.2, 0.25) is 0 Å². The molecule has 0 amide bonds. The smallest absolute Gasteiger partial charge is 0.326 e. The van der Waals surface area contributed by atoms with Crippen LogP contribution in [0.3, 0.4) is 0 Å². The van der Waals surface area contributed by atoms with Crippen LogP contribution in [0.1, 0.15) is 38.4 Å². The predicted molar refractivity (Wildman–Crippen MR) is 80.6 cm³/mol. The number of nitrogens with two attached hydrogens (primary N) is 1. The Kier molecular flexibility index (Phi) is 4.62. The Balaban J connectivity index is 0.000000257. The minimum atomic E-state index is -0.447. The van der Waals surface area contributed by atoms with Gasteiger partial charge in [-0.3, -0.25) is 4.57 Å². The van der Waals surface area contributed by atoms with Crippen LogP contribution in [0.2, 0.25) is 0 Å². The van der Waals surface area contributed by atoms with Crippen LogP contribution in [0.25, 0.3) is 11.0 Å². The van der Waals surface area contributed by atoms with Crippen molar-refractivity contribution < 1.29 is 5.11 Å². The van der Waals surface area contributed by atoms with Crippen LogP contribution in [0.5, 0.6) is 0 Å². The standard InChI is InChI=1S/C11H12N2O2.C4H11N/c14-9-5-2-6-13-10-7(9)3-1-4-8(10)12-11(13)15;1-4(2)3-5/h1,3-4,9,14H,2,5-6H2,(H,12,15);4H,3,5H2,1-2H3. The Bertz CT molecular complexity index is 628. The van der Waals surface area contributed by atoms with Crippen LogP contribution in [0.4, 0.5) is 0 Å². The molecule has 0 saturated carbocycles. The molecule has 5 nitrogen and oxygen atoms in total. The Hall–Kier alpha value is -1.59. The average Bonchev–Trinajstić information content (AvgIpc) is 2.63. The van der Waals surface area contributed by atoms with Crippen molar-refractivity contribution in [2.45, 2.75) is 39.3 Å². The molecule has 0 radical (unpaired) electrons. The average molecular weight is 277 g/mol. The summed E-state index contributed by atoms with van der Waals surface area (Å²) in [6.45, 7) is 5.69. The molecule has 0 saturated heterocycles. The predicted octanol–water partition coefficient (Wildman–Crippen LogP) is 1.76. The number of hydrogen-bond acceptors (Lipinski definition) is 3. The molecule has 3 rings (SSSR count). The number of aromatic amines is 1. The SMILES string of the molecule is CC(C)CN.O=c1[nH]c2cccc3c2n1CCCC3O. The van der Waals surface area contributed by atoms with Gasteiger partial charge in [0.15, 0.2) is 0 Å². The maximum absolute atomic E-state index is 11.6. The molecular weight excluding hydrogens is 254 g/mol. The first-order valence-electron chi connectivity index (χ1n) is 7.14. The molecule has 0 spiro atoms. The topological polar surface area (TPSA) is 84.0 Å². The van der Waals surface area contributed by atoms with Gasteiger partial charge < -0.3 is 15.8 Å². The van der Waals surface area contributed by atoms with E-state index >= 15 is 0 Å². The summed E-state index contributed by atoms with van der Waals surface area (Å²) >= 11 is 0. The first-order chi connectivity index (χ1) is 9.54. The van der Waals surface area contributed by atoms with E-state index in [1.807, 2.05) is 18.2 Å². The molecule has 110 valence electrons. The molecule has 0 bridgehead atoms. The summed E-state index contributed by atoms with van der Waals surface area (Å²) in [6, 6.07) is 5.63. The highest BCUT2D eigenvalue weighted by molar-refractivity contribution is 5.79. The second-order valence-corrected chi connectivity index (χ2v) is 5.61. The third kappa shape index (κ3) is 2.94. The highest BCUT2D eigenvalue weighted by Gasteiger charge is 2.19. The summed E-state index contributed by atoms with van der Waals surface area (Å²) in [5, 5.41) is 9.93. The normalized spacial score (nSPS) is 17.8. The van der Waals surface area contributed by atoms with E-state index < -0.39 is 6.10 Å². The lowest BCUT2D eigenvalue weighted by Crippen LogP contribution is -2.16. The molecular formula is C15H23N3O2. The fourth-order valence-corrected chi connectivity index (χ4v) is 2.33. The number of aliphatic hydroxyl groups excluding tert-OH is 1. The molecule has 2 aromatic rings. The number of aromatic nitrogens is 2. The molecule has 1 atom stereocenters. The molecule has 5 heteroatoms. The summed E-state index contributed by atoms with van der Waals surface area (Å²) in [4.78, 5) is 14.4. The molecule has 20 heavy (non-hydrogen) atoms. The zero-order valence-corrected chi connectivity index (χ0v) is 12.1. The van der Waals surface area contributed by atoms with E-state index in [1.54, 1.807) is 4.57 Å². The molecule has 1 aliphatic rings. The van der Waals surface area contributed by atoms with Gasteiger partial charge in [-0.25, -0.2) is 4.79 Å². The van der Waals surface area contributed by atoms with Crippen LogP contribution in [0.15, 0.2) is 23.0 Å². The maximum atomic E-state index is 11.6. The quantitative estimate of drug-likeness (QED) is 0.742. The van der Waals surface area contributed by atoms with E-state index in [4.69, 9.17) is 5.73 Å². The van der Waals surface area contributed by atoms with E-state index in [0.29, 0.717) is 12.5 Å². The number of hydrogen-bond donors (Lipinski definition) is 3. The van der Waals surface area contributed by atoms with Gasteiger partial charge in [-0.05, 0) is 31.4 Å². The monoisotopic (exact) mass is 277 g/mol. The van der Waals surface area contributed by atoms with Gasteiger partial charge in [0.05, 0.1) is 17.1 Å². The first-order valence-corrected chi connectivity index (χ1v) is 7.14. The van der Waals surface area contributed by atoms with Crippen LogP contribution in [-0.2, 0) is 6.54 Å². The number of aryl methyl sites for hydroxylation is 1. The molecule has 2 heterocycles. The van der Waals surface area contributed by atoms with Gasteiger partial charge in [-0.2, -0.15) is 0 Å². The van der Waals surface area contributed by atoms with Gasteiger partial charge in [0.1, 0.15) is 0 Å². The zero-order valence-electron chi connectivity index (χ0n) is 12.1. The first kappa shape index (κ1) is 14.8. The van der Waals surface area contributed by atoms with Crippen LogP contribution < -0.4 is 11.4 Å². The largest absolute Gasteiger partial charge is 0.388 e. The molecule has 0 fully saturated rings. The second kappa shape index (κ2) is 6.24. The number of benzene rings is 1. The zero-order chi connectivity index (χ0) is 14.7. The molecule has 1 aliphatic heterocycles. The maximum Gasteiger partial charge on any atom is 0.326 e. The molecule has 1 aromatic carbocycles. The number of aliphatic hydroxyl groups is 1. The van der Waals surface area contributed by atoms with Gasteiger partial charge in [0.25, 0.3) is 0 Å². The van der Waals surface area contributed by atoms with Crippen LogP contribution in [-0.4, -0.2) is 21.2 Å². The Morgan fingerprint density at radius 1 is 1.50 bits per heavy atom. The lowest BCUT2D eigenvalue weighted by atomic mass is 10.1. The van der Waals surface area contributed by atoms with E-state index in [1.165, 1.54) is 0 Å². The van der Waals surface area contributed by atoms with E-state index in [0.717, 1.165) is 36.0 Å². The second-order valence-electron chi connectivity index (χ2n) is 5.61. The Labute approximate surface area is 118 Å². The summed E-state index contributed by atoms with van der Waals surface area (Å²) in [5.41, 5.74) is 7.64. The van der Waals surface area contributed by atoms with Crippen molar-refractivity contribution in [1.29, 1.82) is 0 Å². The third-order valence-corrected chi connectivity index (χ3v) is 3.51. The number of para-hydroxylation sites is 1. The number of H-pyrrole nitrogens is 1. The highest BCUT2D eigenvalue weighted by atomic mass is 16.3. The minimum absolute atomic E-state index is 0.0773. The molecule has 1 aromatic heterocycles. The van der Waals surface area contributed by atoms with Gasteiger partial charge >= 0.3 is 5.69 Å². The van der Waals surface area contributed by atoms with Crippen molar-refractivity contribution >= 4 is 11.0 Å². The van der Waals surface area contributed by atoms with Crippen molar-refractivity contribution in [3.63, 3.8) is 0 Å². The molecule has 0 aliphatic carbocycles. The fourth-order valence-electron chi connectivity index (χ4n) is 2.33. The van der Waals surface area contributed by atoms with Gasteiger partial charge in [0, 0.05) is 12.1 Å². The summed E-state index contributed by atoms with van der Waals surface area (Å²) in [5.74, 6) is 0.662. The summed E-state index contributed by atoms with van der Waals surface area (Å²) < 4.78 is 1.72. The van der Waals surface area contributed by atoms with Crippen molar-refractivity contribution in [1.82, 2.24) is 9.55 Å². The van der Waals surface area contributed by atoms with E-state index in [2.05, 4.69) is 18.8 Å². The summed E-state index contributed by atoms with van der Waals surface area (Å²) in [7, 11) is 0. The van der Waals surface area contributed by atoms with E-state index in [9.17, 15) is 9.90 Å². The number of nitrogens with zero attached hydrogens (tertiary/aromatic N) is 1. The van der Waals surface area contributed by atoms with Gasteiger partial charge in [-0.15, -0.1) is 0 Å². The minimum Gasteiger partial charge on any atom is -0.388 e. The van der Waals surface area contributed by atoms with E-state index in [-0.39, 0.29) is 5.69 Å².